The van der Waals surface area contributed by atoms with Gasteiger partial charge in [-0.2, -0.15) is 0 Å². The number of nitrogens with zero attached hydrogens (tertiary/aromatic N) is 5. The molecule has 1 amide bonds. The zero-order valence-electron chi connectivity index (χ0n) is 19.1. The van der Waals surface area contributed by atoms with Crippen LogP contribution in [0.15, 0.2) is 47.7 Å². The molecule has 35 heavy (non-hydrogen) atoms. The summed E-state index contributed by atoms with van der Waals surface area (Å²) in [6, 6.07) is 9.07. The molecule has 0 radical (unpaired) electrons. The highest BCUT2D eigenvalue weighted by Crippen LogP contribution is 2.30. The van der Waals surface area contributed by atoms with E-state index in [0.717, 1.165) is 35.2 Å². The molecule has 5 heterocycles. The van der Waals surface area contributed by atoms with Gasteiger partial charge in [-0.15, -0.1) is 0 Å². The summed E-state index contributed by atoms with van der Waals surface area (Å²) < 4.78 is 1.80. The zero-order valence-corrected chi connectivity index (χ0v) is 19.1. The first kappa shape index (κ1) is 21.2. The Morgan fingerprint density at radius 3 is 2.74 bits per heavy atom. The Kier molecular flexibility index (Phi) is 4.94. The Balaban J connectivity index is 1.21. The van der Waals surface area contributed by atoms with Gasteiger partial charge in [0.25, 0.3) is 0 Å². The second kappa shape index (κ2) is 8.15. The quantitative estimate of drug-likeness (QED) is 0.440. The number of pyridine rings is 1. The highest BCUT2D eigenvalue weighted by molar-refractivity contribution is 6.10. The van der Waals surface area contributed by atoms with Gasteiger partial charge in [0.2, 0.25) is 11.7 Å². The number of amides is 1. The van der Waals surface area contributed by atoms with Crippen molar-refractivity contribution in [3.05, 3.63) is 75.7 Å². The molecule has 0 unspecified atom stereocenters. The van der Waals surface area contributed by atoms with Gasteiger partial charge in [-0.3, -0.25) is 19.1 Å². The normalized spacial score (nSPS) is 15.9. The molecule has 2 N–H and O–H groups in total. The van der Waals surface area contributed by atoms with Gasteiger partial charge in [-0.25, -0.2) is 19.7 Å². The summed E-state index contributed by atoms with van der Waals surface area (Å²) in [5, 5.41) is 2.84. The van der Waals surface area contributed by atoms with Crippen LogP contribution in [0.2, 0.25) is 0 Å². The molecule has 4 aromatic rings. The minimum Gasteiger partial charge on any atom is -0.356 e. The summed E-state index contributed by atoms with van der Waals surface area (Å²) in [5.41, 5.74) is 4.57. The van der Waals surface area contributed by atoms with Gasteiger partial charge < -0.3 is 10.2 Å². The SMILES string of the molecule is Cc1cc(C(=O)c2cc(N3CCC(n4c(=O)[nH]c5ncccc54)CC3)ncn2)cc2c1NC(=O)C2. The van der Waals surface area contributed by atoms with Gasteiger partial charge in [0.15, 0.2) is 5.65 Å². The number of imidazole rings is 1. The number of piperidine rings is 1. The fraction of sp³-hybridized carbons (Fsp3) is 0.280. The monoisotopic (exact) mass is 469 g/mol. The van der Waals surface area contributed by atoms with E-state index >= 15 is 0 Å². The number of anilines is 2. The van der Waals surface area contributed by atoms with Crippen molar-refractivity contribution in [2.45, 2.75) is 32.2 Å². The summed E-state index contributed by atoms with van der Waals surface area (Å²) in [4.78, 5) is 55.3. The first-order chi connectivity index (χ1) is 17.0. The van der Waals surface area contributed by atoms with Gasteiger partial charge in [-0.05, 0) is 55.2 Å². The average Bonchev–Trinajstić information content (AvgIpc) is 3.42. The Bertz CT molecular complexity index is 1550. The van der Waals surface area contributed by atoms with Crippen LogP contribution >= 0.6 is 0 Å². The summed E-state index contributed by atoms with van der Waals surface area (Å²) >= 11 is 0. The fourth-order valence-corrected chi connectivity index (χ4v) is 5.13. The third-order valence-electron chi connectivity index (χ3n) is 6.82. The number of hydrogen-bond acceptors (Lipinski definition) is 7. The van der Waals surface area contributed by atoms with Crippen molar-refractivity contribution in [3.8, 4) is 0 Å². The number of carbonyl (C=O) groups excluding carboxylic acids is 2. The summed E-state index contributed by atoms with van der Waals surface area (Å²) in [7, 11) is 0. The largest absolute Gasteiger partial charge is 0.356 e. The smallest absolute Gasteiger partial charge is 0.327 e. The number of aromatic amines is 1. The van der Waals surface area contributed by atoms with Crippen molar-refractivity contribution < 1.29 is 9.59 Å². The van der Waals surface area contributed by atoms with Gasteiger partial charge in [0, 0.05) is 42.6 Å². The van der Waals surface area contributed by atoms with Crippen LogP contribution in [-0.4, -0.2) is 49.3 Å². The maximum atomic E-state index is 13.2. The van der Waals surface area contributed by atoms with E-state index in [1.54, 1.807) is 29.0 Å². The lowest BCUT2D eigenvalue weighted by Crippen LogP contribution is -2.37. The van der Waals surface area contributed by atoms with Crippen molar-refractivity contribution in [2.24, 2.45) is 0 Å². The lowest BCUT2D eigenvalue weighted by Gasteiger charge is -2.33. The predicted molar refractivity (Wildman–Crippen MR) is 130 cm³/mol. The zero-order chi connectivity index (χ0) is 24.1. The van der Waals surface area contributed by atoms with Crippen molar-refractivity contribution in [2.75, 3.05) is 23.3 Å². The minimum absolute atomic E-state index is 0.0605. The number of H-pyrrole nitrogens is 1. The first-order valence-electron chi connectivity index (χ1n) is 11.6. The first-order valence-corrected chi connectivity index (χ1v) is 11.6. The van der Waals surface area contributed by atoms with Crippen LogP contribution in [-0.2, 0) is 11.2 Å². The number of carbonyl (C=O) groups is 2. The molecule has 2 aliphatic heterocycles. The second-order valence-electron chi connectivity index (χ2n) is 9.03. The number of nitrogens with one attached hydrogen (secondary N) is 2. The standard InChI is InChI=1S/C25H23N7O3/c1-14-9-16(10-15-11-21(33)29-22(14)15)23(34)18-12-20(28-13-27-18)31-7-4-17(5-8-31)32-19-3-2-6-26-24(19)30-25(32)35/h2-3,6,9-10,12-13,17H,4-5,7-8,11H2,1H3,(H,29,33)(H,26,30,35). The predicted octanol–water partition coefficient (Wildman–Crippen LogP) is 2.39. The maximum Gasteiger partial charge on any atom is 0.327 e. The lowest BCUT2D eigenvalue weighted by molar-refractivity contribution is -0.115. The van der Waals surface area contributed by atoms with E-state index < -0.39 is 0 Å². The number of aromatic nitrogens is 5. The molecule has 3 aromatic heterocycles. The maximum absolute atomic E-state index is 13.2. The topological polar surface area (TPSA) is 126 Å². The van der Waals surface area contributed by atoms with Crippen LogP contribution in [0.1, 0.15) is 46.1 Å². The fourth-order valence-electron chi connectivity index (χ4n) is 5.13. The van der Waals surface area contributed by atoms with Crippen LogP contribution in [0.3, 0.4) is 0 Å². The summed E-state index contributed by atoms with van der Waals surface area (Å²) in [6.07, 6.45) is 4.88. The lowest BCUT2D eigenvalue weighted by atomic mass is 9.99. The van der Waals surface area contributed by atoms with Gasteiger partial charge in [-0.1, -0.05) is 0 Å². The van der Waals surface area contributed by atoms with Gasteiger partial charge in [0.1, 0.15) is 17.8 Å². The molecule has 1 saturated heterocycles. The molecule has 1 fully saturated rings. The minimum atomic E-state index is -0.202. The third-order valence-corrected chi connectivity index (χ3v) is 6.82. The van der Waals surface area contributed by atoms with Crippen LogP contribution in [0.4, 0.5) is 11.5 Å². The van der Waals surface area contributed by atoms with Crippen molar-refractivity contribution in [1.29, 1.82) is 0 Å². The van der Waals surface area contributed by atoms with Gasteiger partial charge in [0.05, 0.1) is 11.9 Å². The van der Waals surface area contributed by atoms with E-state index in [9.17, 15) is 14.4 Å². The Morgan fingerprint density at radius 1 is 1.09 bits per heavy atom. The molecule has 176 valence electrons. The average molecular weight is 470 g/mol. The van der Waals surface area contributed by atoms with E-state index in [-0.39, 0.29) is 29.8 Å². The van der Waals surface area contributed by atoms with Crippen LogP contribution in [0, 0.1) is 6.92 Å². The molecule has 2 aliphatic rings. The third kappa shape index (κ3) is 3.67. The Hall–Kier alpha value is -4.34. The molecule has 0 atom stereocenters. The number of fused-ring (bicyclic) bond motifs is 2. The second-order valence-corrected chi connectivity index (χ2v) is 9.03. The van der Waals surface area contributed by atoms with Crippen LogP contribution < -0.4 is 15.9 Å². The number of benzene rings is 1. The highest BCUT2D eigenvalue weighted by atomic mass is 16.2. The molecular formula is C25H23N7O3. The molecular weight excluding hydrogens is 446 g/mol. The summed E-state index contributed by atoms with van der Waals surface area (Å²) in [6.45, 7) is 3.27. The molecule has 6 rings (SSSR count). The highest BCUT2D eigenvalue weighted by Gasteiger charge is 2.26. The molecule has 0 bridgehead atoms. The molecule has 0 aliphatic carbocycles. The Labute approximate surface area is 200 Å². The molecule has 1 aromatic carbocycles. The van der Waals surface area contributed by atoms with Gasteiger partial charge >= 0.3 is 5.69 Å². The number of aryl methyl sites for hydroxylation is 1. The molecule has 10 heteroatoms. The van der Waals surface area contributed by atoms with E-state index in [1.165, 1.54) is 6.33 Å². The number of hydrogen-bond donors (Lipinski definition) is 2. The van der Waals surface area contributed by atoms with Crippen molar-refractivity contribution in [1.82, 2.24) is 24.5 Å². The molecule has 0 saturated carbocycles. The van der Waals surface area contributed by atoms with Crippen molar-refractivity contribution >= 4 is 34.4 Å². The van der Waals surface area contributed by atoms with Crippen LogP contribution in [0.25, 0.3) is 11.2 Å². The number of rotatable bonds is 4. The van der Waals surface area contributed by atoms with Crippen molar-refractivity contribution in [3.63, 3.8) is 0 Å². The van der Waals surface area contributed by atoms with E-state index in [4.69, 9.17) is 0 Å². The number of ketones is 1. The van der Waals surface area contributed by atoms with E-state index in [1.807, 2.05) is 19.1 Å². The Morgan fingerprint density at radius 2 is 1.91 bits per heavy atom. The molecule has 10 nitrogen and oxygen atoms in total. The summed E-state index contributed by atoms with van der Waals surface area (Å²) in [5.74, 6) is 0.419. The van der Waals surface area contributed by atoms with Crippen LogP contribution in [0.5, 0.6) is 0 Å². The van der Waals surface area contributed by atoms with E-state index in [2.05, 4.69) is 30.2 Å². The van der Waals surface area contributed by atoms with E-state index in [0.29, 0.717) is 35.8 Å². The molecule has 0 spiro atoms.